The molecule has 0 spiro atoms. The highest BCUT2D eigenvalue weighted by Crippen LogP contribution is 2.15. The van der Waals surface area contributed by atoms with Crippen LogP contribution in [-0.4, -0.2) is 64.1 Å². The van der Waals surface area contributed by atoms with Gasteiger partial charge in [-0.15, -0.1) is 0 Å². The molecule has 1 N–H and O–H groups in total. The third-order valence-electron chi connectivity index (χ3n) is 3.38. The molecule has 1 rings (SSSR count). The maximum absolute atomic E-state index is 11.9. The van der Waals surface area contributed by atoms with Gasteiger partial charge in [-0.25, -0.2) is 21.1 Å². The van der Waals surface area contributed by atoms with E-state index >= 15 is 0 Å². The van der Waals surface area contributed by atoms with Gasteiger partial charge in [-0.3, -0.25) is 0 Å². The van der Waals surface area contributed by atoms with E-state index in [0.717, 1.165) is 12.8 Å². The van der Waals surface area contributed by atoms with Gasteiger partial charge in [0.15, 0.2) is 0 Å². The minimum atomic E-state index is -3.10. The van der Waals surface area contributed by atoms with Gasteiger partial charge in [0.2, 0.25) is 10.0 Å². The van der Waals surface area contributed by atoms with Crippen molar-refractivity contribution in [3.05, 3.63) is 0 Å². The van der Waals surface area contributed by atoms with Crippen LogP contribution >= 0.6 is 0 Å². The number of sulfone groups is 1. The molecule has 20 heavy (non-hydrogen) atoms. The number of nitrogens with one attached hydrogen (secondary N) is 1. The van der Waals surface area contributed by atoms with Gasteiger partial charge >= 0.3 is 0 Å². The molecule has 1 unspecified atom stereocenters. The van der Waals surface area contributed by atoms with Crippen LogP contribution in [0.2, 0.25) is 0 Å². The summed E-state index contributed by atoms with van der Waals surface area (Å²) in [5.74, 6) is 0.316. The van der Waals surface area contributed by atoms with E-state index in [1.54, 1.807) is 4.31 Å². The molecule has 0 aromatic carbocycles. The van der Waals surface area contributed by atoms with Crippen molar-refractivity contribution in [1.29, 1.82) is 0 Å². The lowest BCUT2D eigenvalue weighted by molar-refractivity contribution is 0.280. The zero-order valence-corrected chi connectivity index (χ0v) is 14.1. The summed E-state index contributed by atoms with van der Waals surface area (Å²) in [4.78, 5) is 0. The van der Waals surface area contributed by atoms with Crippen molar-refractivity contribution in [3.8, 4) is 0 Å². The van der Waals surface area contributed by atoms with Crippen LogP contribution in [0, 0.1) is 0 Å². The lowest BCUT2D eigenvalue weighted by Gasteiger charge is -2.33. The molecular formula is C12H26N2O4S2. The van der Waals surface area contributed by atoms with Crippen molar-refractivity contribution in [2.75, 3.05) is 30.9 Å². The molecule has 1 fully saturated rings. The second-order valence-electron chi connectivity index (χ2n) is 5.65. The van der Waals surface area contributed by atoms with Crippen LogP contribution < -0.4 is 5.32 Å². The quantitative estimate of drug-likeness (QED) is 0.723. The van der Waals surface area contributed by atoms with Crippen molar-refractivity contribution >= 4 is 19.9 Å². The zero-order chi connectivity index (χ0) is 15.4. The number of hydrogen-bond acceptors (Lipinski definition) is 5. The van der Waals surface area contributed by atoms with Gasteiger partial charge in [-0.05, 0) is 26.2 Å². The maximum Gasteiger partial charge on any atom is 0.214 e. The van der Waals surface area contributed by atoms with Crippen LogP contribution in [-0.2, 0) is 19.9 Å². The molecule has 0 aliphatic carbocycles. The molecule has 0 bridgehead atoms. The number of hydrogen-bond donors (Lipinski definition) is 1. The summed E-state index contributed by atoms with van der Waals surface area (Å²) in [6.45, 7) is 4.75. The first-order chi connectivity index (χ1) is 9.14. The van der Waals surface area contributed by atoms with E-state index in [1.807, 2.05) is 13.8 Å². The fraction of sp³-hybridized carbons (Fsp3) is 1.00. The van der Waals surface area contributed by atoms with Crippen LogP contribution in [0.25, 0.3) is 0 Å². The monoisotopic (exact) mass is 326 g/mol. The fourth-order valence-electron chi connectivity index (χ4n) is 2.59. The van der Waals surface area contributed by atoms with Gasteiger partial charge in [0, 0.05) is 31.4 Å². The molecule has 6 nitrogen and oxygen atoms in total. The first-order valence-electron chi connectivity index (χ1n) is 7.05. The molecule has 0 saturated carbocycles. The molecule has 1 saturated heterocycles. The van der Waals surface area contributed by atoms with E-state index in [2.05, 4.69) is 5.32 Å². The van der Waals surface area contributed by atoms with E-state index < -0.39 is 19.9 Å². The van der Waals surface area contributed by atoms with Gasteiger partial charge in [0.05, 0.1) is 11.5 Å². The number of rotatable bonds is 7. The van der Waals surface area contributed by atoms with Gasteiger partial charge in [0.25, 0.3) is 0 Å². The largest absolute Gasteiger partial charge is 0.310 e. The van der Waals surface area contributed by atoms with E-state index in [-0.39, 0.29) is 23.6 Å². The molecule has 1 aliphatic heterocycles. The van der Waals surface area contributed by atoms with Crippen molar-refractivity contribution in [2.24, 2.45) is 0 Å². The third kappa shape index (κ3) is 6.07. The van der Waals surface area contributed by atoms with Crippen LogP contribution in [0.5, 0.6) is 0 Å². The second kappa shape index (κ2) is 7.20. The van der Waals surface area contributed by atoms with Gasteiger partial charge < -0.3 is 5.32 Å². The minimum absolute atomic E-state index is 0.103. The normalized spacial score (nSPS) is 20.9. The molecule has 0 aromatic heterocycles. The molecule has 120 valence electrons. The average Bonchev–Trinajstić information content (AvgIpc) is 2.26. The number of nitrogens with zero attached hydrogens (tertiary/aromatic N) is 1. The highest BCUT2D eigenvalue weighted by atomic mass is 32.2. The Balaban J connectivity index is 2.43. The highest BCUT2D eigenvalue weighted by molar-refractivity contribution is 7.90. The summed E-state index contributed by atoms with van der Waals surface area (Å²) in [5, 5.41) is 3.28. The first kappa shape index (κ1) is 17.9. The van der Waals surface area contributed by atoms with Gasteiger partial charge in [-0.1, -0.05) is 6.92 Å². The van der Waals surface area contributed by atoms with Crippen LogP contribution in [0.15, 0.2) is 0 Å². The van der Waals surface area contributed by atoms with Crippen molar-refractivity contribution < 1.29 is 16.8 Å². The van der Waals surface area contributed by atoms with Crippen molar-refractivity contribution in [2.45, 2.75) is 45.2 Å². The first-order valence-corrected chi connectivity index (χ1v) is 10.7. The van der Waals surface area contributed by atoms with E-state index in [0.29, 0.717) is 19.5 Å². The summed E-state index contributed by atoms with van der Waals surface area (Å²) >= 11 is 0. The van der Waals surface area contributed by atoms with Crippen molar-refractivity contribution in [3.63, 3.8) is 0 Å². The molecule has 1 atom stereocenters. The topological polar surface area (TPSA) is 83.6 Å². The lowest BCUT2D eigenvalue weighted by Crippen LogP contribution is -2.48. The Labute approximate surface area is 122 Å². The molecule has 1 aliphatic rings. The van der Waals surface area contributed by atoms with E-state index in [4.69, 9.17) is 0 Å². The molecule has 1 heterocycles. The Hall–Kier alpha value is -0.180. The van der Waals surface area contributed by atoms with Crippen LogP contribution in [0.4, 0.5) is 0 Å². The Morgan fingerprint density at radius 1 is 1.20 bits per heavy atom. The molecule has 8 heteroatoms. The minimum Gasteiger partial charge on any atom is -0.310 e. The predicted molar refractivity (Wildman–Crippen MR) is 81.0 cm³/mol. The second-order valence-corrected chi connectivity index (χ2v) is 9.92. The molecule has 0 aromatic rings. The average molecular weight is 326 g/mol. The Bertz CT molecular complexity index is 494. The maximum atomic E-state index is 11.9. The molecule has 0 amide bonds. The zero-order valence-electron chi connectivity index (χ0n) is 12.5. The standard InChI is InChI=1S/C12H26N2O4S2/c1-4-9-20(17,18)14-7-5-12(6-8-14)13-11(2)10-19(3,15)16/h11-13H,4-10H2,1-3H3. The van der Waals surface area contributed by atoms with Crippen LogP contribution in [0.3, 0.4) is 0 Å². The Morgan fingerprint density at radius 2 is 1.75 bits per heavy atom. The third-order valence-corrected chi connectivity index (χ3v) is 6.56. The van der Waals surface area contributed by atoms with E-state index in [1.165, 1.54) is 6.26 Å². The summed E-state index contributed by atoms with van der Waals surface area (Å²) in [6, 6.07) is 0.0913. The smallest absolute Gasteiger partial charge is 0.214 e. The summed E-state index contributed by atoms with van der Waals surface area (Å²) in [7, 11) is -6.09. The summed E-state index contributed by atoms with van der Waals surface area (Å²) < 4.78 is 47.8. The Morgan fingerprint density at radius 3 is 2.20 bits per heavy atom. The lowest BCUT2D eigenvalue weighted by atomic mass is 10.1. The fourth-order valence-corrected chi connectivity index (χ4v) is 5.14. The highest BCUT2D eigenvalue weighted by Gasteiger charge is 2.28. The summed E-state index contributed by atoms with van der Waals surface area (Å²) in [6.07, 6.45) is 3.32. The molecular weight excluding hydrogens is 300 g/mol. The molecule has 0 radical (unpaired) electrons. The predicted octanol–water partition coefficient (Wildman–Crippen LogP) is 0.213. The van der Waals surface area contributed by atoms with Gasteiger partial charge in [-0.2, -0.15) is 0 Å². The SMILES string of the molecule is CCCS(=O)(=O)N1CCC(NC(C)CS(C)(=O)=O)CC1. The van der Waals surface area contributed by atoms with Gasteiger partial charge in [0.1, 0.15) is 9.84 Å². The van der Waals surface area contributed by atoms with E-state index in [9.17, 15) is 16.8 Å². The number of piperidine rings is 1. The van der Waals surface area contributed by atoms with Crippen molar-refractivity contribution in [1.82, 2.24) is 9.62 Å². The number of sulfonamides is 1. The Kier molecular flexibility index (Phi) is 6.43. The van der Waals surface area contributed by atoms with Crippen LogP contribution in [0.1, 0.15) is 33.1 Å². The summed E-state index contributed by atoms with van der Waals surface area (Å²) in [5.41, 5.74) is 0.